The molecule has 0 aliphatic heterocycles. The largest absolute Gasteiger partial charge is 0.508 e. The van der Waals surface area contributed by atoms with Gasteiger partial charge in [0.05, 0.1) is 0 Å². The molecule has 0 saturated heterocycles. The van der Waals surface area contributed by atoms with Gasteiger partial charge in [-0.1, -0.05) is 38.5 Å². The van der Waals surface area contributed by atoms with Gasteiger partial charge >= 0.3 is 0 Å². The molecule has 2 nitrogen and oxygen atoms in total. The Morgan fingerprint density at radius 3 is 2.76 bits per heavy atom. The molecule has 0 aromatic heterocycles. The van der Waals surface area contributed by atoms with E-state index in [2.05, 4.69) is 19.2 Å². The fourth-order valence-corrected chi connectivity index (χ4v) is 2.72. The van der Waals surface area contributed by atoms with Crippen molar-refractivity contribution in [3.8, 4) is 5.75 Å². The van der Waals surface area contributed by atoms with E-state index in [1.54, 1.807) is 6.07 Å². The standard InChI is InChI=1S/C15H23NO/c1-11-7-8-12(2)14(9-11)16-10-13-5-3-4-6-15(13)17/h3-6,11-12,14,16-17H,7-10H2,1-2H3. The van der Waals surface area contributed by atoms with Crippen molar-refractivity contribution in [3.05, 3.63) is 29.8 Å². The molecule has 94 valence electrons. The second kappa shape index (κ2) is 5.54. The smallest absolute Gasteiger partial charge is 0.120 e. The Bertz CT molecular complexity index is 364. The number of phenolic OH excluding ortho intramolecular Hbond substituents is 1. The monoisotopic (exact) mass is 233 g/mol. The number of para-hydroxylation sites is 1. The minimum absolute atomic E-state index is 0.400. The van der Waals surface area contributed by atoms with Crippen molar-refractivity contribution in [2.24, 2.45) is 11.8 Å². The number of nitrogens with one attached hydrogen (secondary N) is 1. The lowest BCUT2D eigenvalue weighted by Gasteiger charge is -2.33. The van der Waals surface area contributed by atoms with Crippen molar-refractivity contribution in [2.75, 3.05) is 0 Å². The van der Waals surface area contributed by atoms with Crippen molar-refractivity contribution in [3.63, 3.8) is 0 Å². The number of rotatable bonds is 3. The normalized spacial score (nSPS) is 29.2. The first-order valence-electron chi connectivity index (χ1n) is 6.67. The number of phenols is 1. The van der Waals surface area contributed by atoms with Gasteiger partial charge in [-0.3, -0.25) is 0 Å². The Balaban J connectivity index is 1.91. The first-order chi connectivity index (χ1) is 8.16. The van der Waals surface area contributed by atoms with Crippen LogP contribution in [0.25, 0.3) is 0 Å². The third-order valence-electron chi connectivity index (χ3n) is 4.00. The zero-order valence-corrected chi connectivity index (χ0v) is 10.8. The van der Waals surface area contributed by atoms with Gasteiger partial charge in [-0.15, -0.1) is 0 Å². The van der Waals surface area contributed by atoms with Crippen molar-refractivity contribution in [1.82, 2.24) is 5.32 Å². The summed E-state index contributed by atoms with van der Waals surface area (Å²) in [5, 5.41) is 13.3. The van der Waals surface area contributed by atoms with Crippen LogP contribution in [0.15, 0.2) is 24.3 Å². The molecule has 1 aromatic carbocycles. The predicted molar refractivity (Wildman–Crippen MR) is 70.9 cm³/mol. The third kappa shape index (κ3) is 3.22. The fourth-order valence-electron chi connectivity index (χ4n) is 2.72. The summed E-state index contributed by atoms with van der Waals surface area (Å²) in [7, 11) is 0. The minimum Gasteiger partial charge on any atom is -0.508 e. The Hall–Kier alpha value is -1.02. The highest BCUT2D eigenvalue weighted by Crippen LogP contribution is 2.28. The van der Waals surface area contributed by atoms with E-state index in [1.807, 2.05) is 18.2 Å². The number of hydrogen-bond donors (Lipinski definition) is 2. The lowest BCUT2D eigenvalue weighted by Crippen LogP contribution is -2.39. The van der Waals surface area contributed by atoms with Gasteiger partial charge in [-0.25, -0.2) is 0 Å². The molecule has 1 aliphatic rings. The second-order valence-electron chi connectivity index (χ2n) is 5.51. The molecular weight excluding hydrogens is 210 g/mol. The second-order valence-corrected chi connectivity index (χ2v) is 5.51. The molecule has 2 heteroatoms. The van der Waals surface area contributed by atoms with Crippen LogP contribution in [0, 0.1) is 11.8 Å². The average molecular weight is 233 g/mol. The maximum Gasteiger partial charge on any atom is 0.120 e. The molecule has 1 aromatic rings. The van der Waals surface area contributed by atoms with Gasteiger partial charge < -0.3 is 10.4 Å². The maximum absolute atomic E-state index is 9.72. The molecule has 3 unspecified atom stereocenters. The highest BCUT2D eigenvalue weighted by molar-refractivity contribution is 5.31. The summed E-state index contributed by atoms with van der Waals surface area (Å²) in [4.78, 5) is 0. The van der Waals surface area contributed by atoms with Gasteiger partial charge in [0.25, 0.3) is 0 Å². The topological polar surface area (TPSA) is 32.3 Å². The SMILES string of the molecule is CC1CCC(C)C(NCc2ccccc2O)C1. The molecule has 1 aliphatic carbocycles. The molecule has 0 heterocycles. The van der Waals surface area contributed by atoms with Gasteiger partial charge in [-0.2, -0.15) is 0 Å². The van der Waals surface area contributed by atoms with Gasteiger partial charge in [0, 0.05) is 18.2 Å². The van der Waals surface area contributed by atoms with Gasteiger partial charge in [0.15, 0.2) is 0 Å². The molecule has 3 atom stereocenters. The van der Waals surface area contributed by atoms with E-state index < -0.39 is 0 Å². The van der Waals surface area contributed by atoms with Crippen LogP contribution >= 0.6 is 0 Å². The van der Waals surface area contributed by atoms with E-state index in [0.29, 0.717) is 11.8 Å². The minimum atomic E-state index is 0.400. The van der Waals surface area contributed by atoms with E-state index in [9.17, 15) is 5.11 Å². The van der Waals surface area contributed by atoms with E-state index >= 15 is 0 Å². The van der Waals surface area contributed by atoms with Crippen LogP contribution in [0.2, 0.25) is 0 Å². The van der Waals surface area contributed by atoms with Crippen LogP contribution in [0.1, 0.15) is 38.7 Å². The molecule has 1 saturated carbocycles. The molecule has 17 heavy (non-hydrogen) atoms. The Kier molecular flexibility index (Phi) is 4.06. The summed E-state index contributed by atoms with van der Waals surface area (Å²) >= 11 is 0. The number of aromatic hydroxyl groups is 1. The van der Waals surface area contributed by atoms with Crippen LogP contribution in [-0.4, -0.2) is 11.1 Å². The molecule has 0 amide bonds. The van der Waals surface area contributed by atoms with Gasteiger partial charge in [0.1, 0.15) is 5.75 Å². The Labute approximate surface area is 104 Å². The molecule has 0 radical (unpaired) electrons. The predicted octanol–water partition coefficient (Wildman–Crippen LogP) is 3.31. The lowest BCUT2D eigenvalue weighted by atomic mass is 9.80. The summed E-state index contributed by atoms with van der Waals surface area (Å²) in [6.07, 6.45) is 3.93. The van der Waals surface area contributed by atoms with Gasteiger partial charge in [0.2, 0.25) is 0 Å². The zero-order chi connectivity index (χ0) is 12.3. The van der Waals surface area contributed by atoms with E-state index in [1.165, 1.54) is 19.3 Å². The summed E-state index contributed by atoms with van der Waals surface area (Å²) < 4.78 is 0. The average Bonchev–Trinajstić information content (AvgIpc) is 2.32. The third-order valence-corrected chi connectivity index (χ3v) is 4.00. The molecular formula is C15H23NO. The maximum atomic E-state index is 9.72. The van der Waals surface area contributed by atoms with Crippen LogP contribution in [0.5, 0.6) is 5.75 Å². The molecule has 2 N–H and O–H groups in total. The lowest BCUT2D eigenvalue weighted by molar-refractivity contribution is 0.227. The number of hydrogen-bond acceptors (Lipinski definition) is 2. The van der Waals surface area contributed by atoms with E-state index in [-0.39, 0.29) is 0 Å². The Morgan fingerprint density at radius 1 is 1.24 bits per heavy atom. The van der Waals surface area contributed by atoms with Crippen LogP contribution in [0.3, 0.4) is 0 Å². The van der Waals surface area contributed by atoms with Crippen LogP contribution < -0.4 is 5.32 Å². The Morgan fingerprint density at radius 2 is 2.00 bits per heavy atom. The molecule has 1 fully saturated rings. The van der Waals surface area contributed by atoms with E-state index in [4.69, 9.17) is 0 Å². The zero-order valence-electron chi connectivity index (χ0n) is 10.8. The molecule has 2 rings (SSSR count). The number of benzene rings is 1. The van der Waals surface area contributed by atoms with Crippen LogP contribution in [-0.2, 0) is 6.54 Å². The molecule has 0 bridgehead atoms. The summed E-state index contributed by atoms with van der Waals surface area (Å²) in [6, 6.07) is 8.18. The van der Waals surface area contributed by atoms with Crippen LogP contribution in [0.4, 0.5) is 0 Å². The molecule has 0 spiro atoms. The van der Waals surface area contributed by atoms with E-state index in [0.717, 1.165) is 23.9 Å². The first kappa shape index (κ1) is 12.4. The van der Waals surface area contributed by atoms with Crippen molar-refractivity contribution < 1.29 is 5.11 Å². The first-order valence-corrected chi connectivity index (χ1v) is 6.67. The highest BCUT2D eigenvalue weighted by atomic mass is 16.3. The van der Waals surface area contributed by atoms with Gasteiger partial charge in [-0.05, 0) is 30.7 Å². The summed E-state index contributed by atoms with van der Waals surface area (Å²) in [5.41, 5.74) is 0.998. The summed E-state index contributed by atoms with van der Waals surface area (Å²) in [5.74, 6) is 1.97. The quantitative estimate of drug-likeness (QED) is 0.839. The van der Waals surface area contributed by atoms with Crippen molar-refractivity contribution >= 4 is 0 Å². The highest BCUT2D eigenvalue weighted by Gasteiger charge is 2.24. The summed E-state index contributed by atoms with van der Waals surface area (Å²) in [6.45, 7) is 5.43. The van der Waals surface area contributed by atoms with Crippen molar-refractivity contribution in [2.45, 2.75) is 45.7 Å². The fraction of sp³-hybridized carbons (Fsp3) is 0.600. The van der Waals surface area contributed by atoms with Crippen molar-refractivity contribution in [1.29, 1.82) is 0 Å².